The summed E-state index contributed by atoms with van der Waals surface area (Å²) in [6, 6.07) is 12.9. The molecule has 0 unspecified atom stereocenters. The molecule has 0 radical (unpaired) electrons. The highest BCUT2D eigenvalue weighted by Gasteiger charge is 2.31. The van der Waals surface area contributed by atoms with Crippen molar-refractivity contribution < 1.29 is 13.2 Å². The van der Waals surface area contributed by atoms with E-state index in [-0.39, 0.29) is 11.4 Å². The zero-order valence-corrected chi connectivity index (χ0v) is 11.8. The summed E-state index contributed by atoms with van der Waals surface area (Å²) in [7, 11) is 0. The molecule has 0 bridgehead atoms. The summed E-state index contributed by atoms with van der Waals surface area (Å²) in [4.78, 5) is 0.569. The van der Waals surface area contributed by atoms with Crippen molar-refractivity contribution in [3.63, 3.8) is 0 Å². The predicted molar refractivity (Wildman–Crippen MR) is 78.5 cm³/mol. The number of hydrogen-bond donors (Lipinski definition) is 2. The van der Waals surface area contributed by atoms with Gasteiger partial charge in [-0.25, -0.2) is 0 Å². The molecular weight excluding hydrogens is 297 g/mol. The second-order valence-corrected chi connectivity index (χ2v) is 5.41. The Morgan fingerprint density at radius 2 is 1.76 bits per heavy atom. The van der Waals surface area contributed by atoms with Crippen LogP contribution in [0.15, 0.2) is 53.4 Å². The van der Waals surface area contributed by atoms with Gasteiger partial charge in [0.2, 0.25) is 0 Å². The summed E-state index contributed by atoms with van der Waals surface area (Å²) in [5.74, 6) is 0.239. The number of benzene rings is 2. The maximum Gasteiger partial charge on any atom is 0.416 e. The van der Waals surface area contributed by atoms with Gasteiger partial charge in [-0.1, -0.05) is 30.3 Å². The number of nitrogens with two attached hydrogens (primary N) is 1. The van der Waals surface area contributed by atoms with Crippen LogP contribution in [0.25, 0.3) is 0 Å². The minimum Gasteiger partial charge on any atom is -0.384 e. The largest absolute Gasteiger partial charge is 0.416 e. The van der Waals surface area contributed by atoms with E-state index in [1.165, 1.54) is 17.8 Å². The number of nitrogen functional groups attached to an aromatic ring is 1. The minimum atomic E-state index is -4.44. The standard InChI is InChI=1S/C15H13F3N2S/c16-15(17,18)11-6-7-13(12(8-11)14(19)20)21-9-10-4-2-1-3-5-10/h1-8H,9H2,(H3,19,20). The molecule has 21 heavy (non-hydrogen) atoms. The highest BCUT2D eigenvalue weighted by Crippen LogP contribution is 2.33. The first-order valence-electron chi connectivity index (χ1n) is 6.10. The molecule has 0 spiro atoms. The third-order valence-corrected chi connectivity index (χ3v) is 3.98. The van der Waals surface area contributed by atoms with Gasteiger partial charge < -0.3 is 5.73 Å². The second-order valence-electron chi connectivity index (χ2n) is 4.40. The number of rotatable bonds is 4. The van der Waals surface area contributed by atoms with E-state index < -0.39 is 11.7 Å². The fourth-order valence-electron chi connectivity index (χ4n) is 1.78. The van der Waals surface area contributed by atoms with E-state index >= 15 is 0 Å². The molecule has 0 aliphatic rings. The van der Waals surface area contributed by atoms with Gasteiger partial charge in [0.05, 0.1) is 5.56 Å². The third-order valence-electron chi connectivity index (χ3n) is 2.83. The van der Waals surface area contributed by atoms with E-state index in [0.29, 0.717) is 10.6 Å². The summed E-state index contributed by atoms with van der Waals surface area (Å²) in [5.41, 5.74) is 5.77. The van der Waals surface area contributed by atoms with Gasteiger partial charge >= 0.3 is 6.18 Å². The predicted octanol–water partition coefficient (Wildman–Crippen LogP) is 4.28. The normalized spacial score (nSPS) is 11.4. The van der Waals surface area contributed by atoms with E-state index in [4.69, 9.17) is 11.1 Å². The molecule has 0 atom stereocenters. The van der Waals surface area contributed by atoms with E-state index in [1.807, 2.05) is 30.3 Å². The van der Waals surface area contributed by atoms with Crippen molar-refractivity contribution in [3.8, 4) is 0 Å². The van der Waals surface area contributed by atoms with Gasteiger partial charge in [0.1, 0.15) is 5.84 Å². The quantitative estimate of drug-likeness (QED) is 0.503. The third kappa shape index (κ3) is 4.01. The topological polar surface area (TPSA) is 49.9 Å². The number of alkyl halides is 3. The molecule has 0 fully saturated rings. The number of hydrogen-bond acceptors (Lipinski definition) is 2. The van der Waals surface area contributed by atoms with Crippen LogP contribution < -0.4 is 5.73 Å². The average Bonchev–Trinajstić information content (AvgIpc) is 2.45. The molecule has 0 heterocycles. The van der Waals surface area contributed by atoms with Gasteiger partial charge in [-0.15, -0.1) is 11.8 Å². The maximum atomic E-state index is 12.7. The van der Waals surface area contributed by atoms with Gasteiger partial charge in [0.25, 0.3) is 0 Å². The smallest absolute Gasteiger partial charge is 0.384 e. The average molecular weight is 310 g/mol. The Kier molecular flexibility index (Phi) is 4.57. The minimum absolute atomic E-state index is 0.116. The first kappa shape index (κ1) is 15.4. The number of thioether (sulfide) groups is 1. The van der Waals surface area contributed by atoms with Crippen molar-refractivity contribution in [1.29, 1.82) is 5.41 Å². The zero-order valence-electron chi connectivity index (χ0n) is 10.9. The van der Waals surface area contributed by atoms with Crippen LogP contribution in [0.3, 0.4) is 0 Å². The molecular formula is C15H13F3N2S. The van der Waals surface area contributed by atoms with E-state index in [1.54, 1.807) is 0 Å². The highest BCUT2D eigenvalue weighted by molar-refractivity contribution is 7.98. The molecule has 2 nitrogen and oxygen atoms in total. The summed E-state index contributed by atoms with van der Waals surface area (Å²) in [6.45, 7) is 0. The van der Waals surface area contributed by atoms with Crippen molar-refractivity contribution >= 4 is 17.6 Å². The van der Waals surface area contributed by atoms with Crippen LogP contribution in [0.2, 0.25) is 0 Å². The maximum absolute atomic E-state index is 12.7. The van der Waals surface area contributed by atoms with Gasteiger partial charge in [-0.05, 0) is 23.8 Å². The Bertz CT molecular complexity index is 639. The molecule has 0 aliphatic carbocycles. The molecule has 0 saturated heterocycles. The molecule has 0 aromatic heterocycles. The van der Waals surface area contributed by atoms with E-state index in [9.17, 15) is 13.2 Å². The lowest BCUT2D eigenvalue weighted by molar-refractivity contribution is -0.137. The summed E-state index contributed by atoms with van der Waals surface area (Å²) >= 11 is 1.36. The van der Waals surface area contributed by atoms with E-state index in [2.05, 4.69) is 0 Å². The van der Waals surface area contributed by atoms with Crippen LogP contribution in [-0.4, -0.2) is 5.84 Å². The lowest BCUT2D eigenvalue weighted by Gasteiger charge is -2.12. The molecule has 2 rings (SSSR count). The van der Waals surface area contributed by atoms with Crippen molar-refractivity contribution in [3.05, 3.63) is 65.2 Å². The molecule has 0 aliphatic heterocycles. The molecule has 0 saturated carbocycles. The van der Waals surface area contributed by atoms with Gasteiger partial charge in [-0.3, -0.25) is 5.41 Å². The summed E-state index contributed by atoms with van der Waals surface area (Å²) < 4.78 is 38.1. The first-order valence-corrected chi connectivity index (χ1v) is 7.09. The Morgan fingerprint density at radius 1 is 1.10 bits per heavy atom. The van der Waals surface area contributed by atoms with Crippen LogP contribution >= 0.6 is 11.8 Å². The fourth-order valence-corrected chi connectivity index (χ4v) is 2.78. The molecule has 6 heteroatoms. The highest BCUT2D eigenvalue weighted by atomic mass is 32.2. The summed E-state index contributed by atoms with van der Waals surface area (Å²) in [5, 5.41) is 7.46. The Labute approximate surface area is 124 Å². The summed E-state index contributed by atoms with van der Waals surface area (Å²) in [6.07, 6.45) is -4.44. The molecule has 3 N–H and O–H groups in total. The molecule has 2 aromatic rings. The SMILES string of the molecule is N=C(N)c1cc(C(F)(F)F)ccc1SCc1ccccc1. The monoisotopic (exact) mass is 310 g/mol. The van der Waals surface area contributed by atoms with Crippen molar-refractivity contribution in [2.45, 2.75) is 16.8 Å². The van der Waals surface area contributed by atoms with Crippen LogP contribution in [0.4, 0.5) is 13.2 Å². The van der Waals surface area contributed by atoms with Crippen LogP contribution in [0.5, 0.6) is 0 Å². The molecule has 110 valence electrons. The zero-order chi connectivity index (χ0) is 15.5. The number of amidine groups is 1. The van der Waals surface area contributed by atoms with Crippen LogP contribution in [0, 0.1) is 5.41 Å². The van der Waals surface area contributed by atoms with Crippen LogP contribution in [0.1, 0.15) is 16.7 Å². The number of halogens is 3. The molecule has 0 amide bonds. The number of nitrogens with one attached hydrogen (secondary N) is 1. The van der Waals surface area contributed by atoms with Gasteiger partial charge in [0.15, 0.2) is 0 Å². The van der Waals surface area contributed by atoms with Crippen molar-refractivity contribution in [2.24, 2.45) is 5.73 Å². The Balaban J connectivity index is 2.25. The second kappa shape index (κ2) is 6.22. The van der Waals surface area contributed by atoms with Gasteiger partial charge in [-0.2, -0.15) is 13.2 Å². The van der Waals surface area contributed by atoms with Gasteiger partial charge in [0, 0.05) is 16.2 Å². The lowest BCUT2D eigenvalue weighted by atomic mass is 10.1. The Hall–Kier alpha value is -1.95. The Morgan fingerprint density at radius 3 is 2.33 bits per heavy atom. The lowest BCUT2D eigenvalue weighted by Crippen LogP contribution is -2.15. The van der Waals surface area contributed by atoms with E-state index in [0.717, 1.165) is 17.7 Å². The van der Waals surface area contributed by atoms with Crippen molar-refractivity contribution in [2.75, 3.05) is 0 Å². The molecule has 2 aromatic carbocycles. The van der Waals surface area contributed by atoms with Crippen LogP contribution in [-0.2, 0) is 11.9 Å². The van der Waals surface area contributed by atoms with Crippen molar-refractivity contribution in [1.82, 2.24) is 0 Å². The first-order chi connectivity index (χ1) is 9.88. The fraction of sp³-hybridized carbons (Fsp3) is 0.133.